The van der Waals surface area contributed by atoms with Gasteiger partial charge in [0, 0.05) is 32.4 Å². The second kappa shape index (κ2) is 5.96. The predicted molar refractivity (Wildman–Crippen MR) is 85.2 cm³/mol. The molecule has 126 valence electrons. The molecule has 7 heteroatoms. The van der Waals surface area contributed by atoms with E-state index >= 15 is 0 Å². The Bertz CT molecular complexity index is 728. The molecule has 0 N–H and O–H groups in total. The van der Waals surface area contributed by atoms with E-state index in [1.165, 1.54) is 19.2 Å². The molecule has 24 heavy (non-hydrogen) atoms. The number of aryl methyl sites for hydroxylation is 1. The summed E-state index contributed by atoms with van der Waals surface area (Å²) in [5.41, 5.74) is 0.340. The van der Waals surface area contributed by atoms with Gasteiger partial charge in [0.1, 0.15) is 6.33 Å². The van der Waals surface area contributed by atoms with E-state index in [2.05, 4.69) is 20.1 Å². The van der Waals surface area contributed by atoms with Crippen LogP contribution in [0.4, 0.5) is 0 Å². The molecular formula is C17H21N5O2. The van der Waals surface area contributed by atoms with Gasteiger partial charge in [-0.3, -0.25) is 4.79 Å². The number of aromatic nitrogens is 4. The van der Waals surface area contributed by atoms with Crippen LogP contribution in [0.1, 0.15) is 54.2 Å². The number of hydrogen-bond donors (Lipinski definition) is 0. The molecule has 2 aromatic rings. The molecule has 1 amide bonds. The van der Waals surface area contributed by atoms with E-state index in [1.807, 2.05) is 11.8 Å². The highest BCUT2D eigenvalue weighted by molar-refractivity contribution is 5.93. The maximum atomic E-state index is 12.8. The molecule has 1 unspecified atom stereocenters. The number of carbonyl (C=O) groups is 1. The summed E-state index contributed by atoms with van der Waals surface area (Å²) in [6.45, 7) is 3.20. The summed E-state index contributed by atoms with van der Waals surface area (Å²) in [5.74, 6) is 2.04. The second-order valence-electron chi connectivity index (χ2n) is 7.02. The third-order valence-electron chi connectivity index (χ3n) is 5.05. The molecule has 1 saturated carbocycles. The van der Waals surface area contributed by atoms with E-state index in [0.717, 1.165) is 37.5 Å². The molecule has 1 saturated heterocycles. The van der Waals surface area contributed by atoms with Crippen LogP contribution in [0.25, 0.3) is 0 Å². The number of hydrogen-bond acceptors (Lipinski definition) is 6. The lowest BCUT2D eigenvalue weighted by molar-refractivity contribution is 0.0606. The third kappa shape index (κ3) is 2.90. The smallest absolute Gasteiger partial charge is 0.257 e. The molecule has 0 aromatic carbocycles. The zero-order valence-corrected chi connectivity index (χ0v) is 13.8. The topological polar surface area (TPSA) is 85.0 Å². The summed E-state index contributed by atoms with van der Waals surface area (Å²) in [6.07, 6.45) is 10.1. The maximum Gasteiger partial charge on any atom is 0.257 e. The SMILES string of the molecule is Cc1nc(C2(CC3CC3)CCCN(C(=O)c3cncnc3)C2)no1. The van der Waals surface area contributed by atoms with Crippen LogP contribution in [-0.2, 0) is 5.41 Å². The van der Waals surface area contributed by atoms with Crippen LogP contribution in [0.15, 0.2) is 23.2 Å². The van der Waals surface area contributed by atoms with Crippen LogP contribution in [0, 0.1) is 12.8 Å². The molecule has 0 radical (unpaired) electrons. The van der Waals surface area contributed by atoms with E-state index in [1.54, 1.807) is 12.4 Å². The number of amides is 1. The van der Waals surface area contributed by atoms with Crippen LogP contribution >= 0.6 is 0 Å². The first kappa shape index (κ1) is 15.2. The van der Waals surface area contributed by atoms with E-state index in [0.29, 0.717) is 18.0 Å². The number of rotatable bonds is 4. The second-order valence-corrected chi connectivity index (χ2v) is 7.02. The van der Waals surface area contributed by atoms with Gasteiger partial charge < -0.3 is 9.42 Å². The molecule has 1 atom stereocenters. The Kier molecular flexibility index (Phi) is 3.78. The zero-order chi connectivity index (χ0) is 16.6. The normalized spacial score (nSPS) is 24.1. The number of piperidine rings is 1. The molecule has 4 rings (SSSR count). The lowest BCUT2D eigenvalue weighted by Crippen LogP contribution is -2.49. The average Bonchev–Trinajstić information content (AvgIpc) is 3.31. The van der Waals surface area contributed by atoms with Crippen molar-refractivity contribution in [2.24, 2.45) is 5.92 Å². The van der Waals surface area contributed by atoms with Crippen LogP contribution in [-0.4, -0.2) is 44.0 Å². The molecule has 0 bridgehead atoms. The standard InChI is InChI=1S/C17H21N5O2/c1-12-20-16(21-24-12)17(7-13-3-4-13)5-2-6-22(10-17)15(23)14-8-18-11-19-9-14/h8-9,11,13H,2-7,10H2,1H3. The highest BCUT2D eigenvalue weighted by Gasteiger charge is 2.45. The Morgan fingerprint density at radius 1 is 1.38 bits per heavy atom. The minimum atomic E-state index is -0.192. The monoisotopic (exact) mass is 327 g/mol. The first-order valence-electron chi connectivity index (χ1n) is 8.51. The fraction of sp³-hybridized carbons (Fsp3) is 0.588. The van der Waals surface area contributed by atoms with Gasteiger partial charge in [-0.2, -0.15) is 4.98 Å². The molecule has 0 spiro atoms. The van der Waals surface area contributed by atoms with Gasteiger partial charge in [0.25, 0.3) is 5.91 Å². The Morgan fingerprint density at radius 2 is 2.17 bits per heavy atom. The molecular weight excluding hydrogens is 306 g/mol. The Hall–Kier alpha value is -2.31. The quantitative estimate of drug-likeness (QED) is 0.855. The largest absolute Gasteiger partial charge is 0.340 e. The Labute approximate surface area is 140 Å². The van der Waals surface area contributed by atoms with Crippen molar-refractivity contribution in [1.29, 1.82) is 0 Å². The lowest BCUT2D eigenvalue weighted by atomic mass is 9.74. The fourth-order valence-corrected chi connectivity index (χ4v) is 3.73. The average molecular weight is 327 g/mol. The summed E-state index contributed by atoms with van der Waals surface area (Å²) in [7, 11) is 0. The zero-order valence-electron chi connectivity index (χ0n) is 13.8. The maximum absolute atomic E-state index is 12.8. The molecule has 3 heterocycles. The summed E-state index contributed by atoms with van der Waals surface area (Å²) in [6, 6.07) is 0. The first-order valence-corrected chi connectivity index (χ1v) is 8.51. The van der Waals surface area contributed by atoms with Gasteiger partial charge in [-0.25, -0.2) is 9.97 Å². The molecule has 1 aliphatic carbocycles. The molecule has 7 nitrogen and oxygen atoms in total. The fourth-order valence-electron chi connectivity index (χ4n) is 3.73. The molecule has 2 aromatic heterocycles. The van der Waals surface area contributed by atoms with Crippen molar-refractivity contribution in [3.05, 3.63) is 36.0 Å². The van der Waals surface area contributed by atoms with E-state index in [-0.39, 0.29) is 11.3 Å². The minimum absolute atomic E-state index is 0.0179. The molecule has 2 aliphatic rings. The number of nitrogens with zero attached hydrogens (tertiary/aromatic N) is 5. The third-order valence-corrected chi connectivity index (χ3v) is 5.05. The van der Waals surface area contributed by atoms with Crippen LogP contribution in [0.3, 0.4) is 0 Å². The molecule has 1 aliphatic heterocycles. The predicted octanol–water partition coefficient (Wildman–Crippen LogP) is 2.14. The van der Waals surface area contributed by atoms with E-state index in [9.17, 15) is 4.79 Å². The highest BCUT2D eigenvalue weighted by atomic mass is 16.5. The van der Waals surface area contributed by atoms with Crippen LogP contribution < -0.4 is 0 Å². The number of carbonyl (C=O) groups excluding carboxylic acids is 1. The van der Waals surface area contributed by atoms with Gasteiger partial charge >= 0.3 is 0 Å². The van der Waals surface area contributed by atoms with Gasteiger partial charge in [0.15, 0.2) is 5.82 Å². The van der Waals surface area contributed by atoms with E-state index < -0.39 is 0 Å². The van der Waals surface area contributed by atoms with Crippen molar-refractivity contribution >= 4 is 5.91 Å². The summed E-state index contributed by atoms with van der Waals surface area (Å²) >= 11 is 0. The van der Waals surface area contributed by atoms with Crippen molar-refractivity contribution < 1.29 is 9.32 Å². The van der Waals surface area contributed by atoms with E-state index in [4.69, 9.17) is 4.52 Å². The van der Waals surface area contributed by atoms with Gasteiger partial charge in [0.2, 0.25) is 5.89 Å². The van der Waals surface area contributed by atoms with Gasteiger partial charge in [-0.05, 0) is 25.2 Å². The summed E-state index contributed by atoms with van der Waals surface area (Å²) in [5, 5.41) is 4.21. The van der Waals surface area contributed by atoms with Crippen molar-refractivity contribution in [2.45, 2.75) is 44.4 Å². The van der Waals surface area contributed by atoms with Gasteiger partial charge in [-0.1, -0.05) is 18.0 Å². The van der Waals surface area contributed by atoms with Crippen molar-refractivity contribution in [3.63, 3.8) is 0 Å². The lowest BCUT2D eigenvalue weighted by Gasteiger charge is -2.41. The number of likely N-dealkylation sites (tertiary alicyclic amines) is 1. The Balaban J connectivity index is 1.61. The van der Waals surface area contributed by atoms with Crippen LogP contribution in [0.2, 0.25) is 0 Å². The molecule has 2 fully saturated rings. The first-order chi connectivity index (χ1) is 11.7. The van der Waals surface area contributed by atoms with Gasteiger partial charge in [-0.15, -0.1) is 0 Å². The van der Waals surface area contributed by atoms with Crippen molar-refractivity contribution in [2.75, 3.05) is 13.1 Å². The van der Waals surface area contributed by atoms with Gasteiger partial charge in [0.05, 0.1) is 11.0 Å². The highest BCUT2D eigenvalue weighted by Crippen LogP contribution is 2.45. The summed E-state index contributed by atoms with van der Waals surface area (Å²) < 4.78 is 5.24. The van der Waals surface area contributed by atoms with Crippen LogP contribution in [0.5, 0.6) is 0 Å². The van der Waals surface area contributed by atoms with Crippen molar-refractivity contribution in [1.82, 2.24) is 25.0 Å². The Morgan fingerprint density at radius 3 is 2.83 bits per heavy atom. The summed E-state index contributed by atoms with van der Waals surface area (Å²) in [4.78, 5) is 27.1. The van der Waals surface area contributed by atoms with Crippen molar-refractivity contribution in [3.8, 4) is 0 Å². The minimum Gasteiger partial charge on any atom is -0.340 e.